The topological polar surface area (TPSA) is 17.1 Å². The summed E-state index contributed by atoms with van der Waals surface area (Å²) >= 11 is 0. The number of rotatable bonds is 8. The van der Waals surface area contributed by atoms with Crippen molar-refractivity contribution in [2.24, 2.45) is 11.8 Å². The third kappa shape index (κ3) is 3.22. The summed E-state index contributed by atoms with van der Waals surface area (Å²) in [7, 11) is 0. The highest BCUT2D eigenvalue weighted by Gasteiger charge is 2.56. The lowest BCUT2D eigenvalue weighted by Gasteiger charge is -2.13. The van der Waals surface area contributed by atoms with Gasteiger partial charge in [-0.3, -0.25) is 4.79 Å². The molecular formula is C20H28O. The average Bonchev–Trinajstić information content (AvgIpc) is 3.25. The minimum Gasteiger partial charge on any atom is -0.299 e. The monoisotopic (exact) mass is 284 g/mol. The maximum Gasteiger partial charge on any atom is 0.136 e. The quantitative estimate of drug-likeness (QED) is 0.593. The molecule has 0 aromatic heterocycles. The average molecular weight is 284 g/mol. The predicted molar refractivity (Wildman–Crippen MR) is 87.5 cm³/mol. The first-order valence-electron chi connectivity index (χ1n) is 8.93. The molecule has 3 unspecified atom stereocenters. The van der Waals surface area contributed by atoms with Crippen LogP contribution in [0.2, 0.25) is 0 Å². The molecule has 21 heavy (non-hydrogen) atoms. The largest absolute Gasteiger partial charge is 0.299 e. The molecule has 3 rings (SSSR count). The molecule has 0 radical (unpaired) electrons. The van der Waals surface area contributed by atoms with Crippen LogP contribution in [0.25, 0.3) is 0 Å². The van der Waals surface area contributed by atoms with Crippen LogP contribution in [-0.4, -0.2) is 5.78 Å². The summed E-state index contributed by atoms with van der Waals surface area (Å²) < 4.78 is 0. The van der Waals surface area contributed by atoms with Gasteiger partial charge in [-0.15, -0.1) is 0 Å². The summed E-state index contributed by atoms with van der Waals surface area (Å²) in [6.45, 7) is 2.25. The number of aryl methyl sites for hydroxylation is 1. The number of ketones is 1. The van der Waals surface area contributed by atoms with Crippen LogP contribution in [0.4, 0.5) is 0 Å². The van der Waals surface area contributed by atoms with Gasteiger partial charge in [-0.2, -0.15) is 0 Å². The molecule has 3 atom stereocenters. The third-order valence-electron chi connectivity index (χ3n) is 5.48. The second kappa shape index (κ2) is 6.77. The molecule has 1 aromatic carbocycles. The van der Waals surface area contributed by atoms with Crippen molar-refractivity contribution in [1.29, 1.82) is 0 Å². The zero-order valence-corrected chi connectivity index (χ0v) is 13.3. The number of Topliss-reactive ketones (excluding diaryl/α,β-unsaturated/α-hetero) is 1. The second-order valence-electron chi connectivity index (χ2n) is 6.94. The molecule has 0 bridgehead atoms. The van der Waals surface area contributed by atoms with Gasteiger partial charge in [-0.1, -0.05) is 63.3 Å². The fourth-order valence-electron chi connectivity index (χ4n) is 4.25. The normalized spacial score (nSPS) is 26.0. The first-order valence-corrected chi connectivity index (χ1v) is 8.93. The summed E-state index contributed by atoms with van der Waals surface area (Å²) in [6.07, 6.45) is 10.9. The van der Waals surface area contributed by atoms with E-state index in [1.807, 2.05) is 0 Å². The lowest BCUT2D eigenvalue weighted by Crippen LogP contribution is -2.03. The summed E-state index contributed by atoms with van der Waals surface area (Å²) in [4.78, 5) is 12.5. The van der Waals surface area contributed by atoms with E-state index in [1.165, 1.54) is 56.1 Å². The highest BCUT2D eigenvalue weighted by Crippen LogP contribution is 2.60. The van der Waals surface area contributed by atoms with E-state index in [0.29, 0.717) is 23.5 Å². The van der Waals surface area contributed by atoms with Gasteiger partial charge in [-0.05, 0) is 42.2 Å². The van der Waals surface area contributed by atoms with Gasteiger partial charge in [0.25, 0.3) is 0 Å². The van der Waals surface area contributed by atoms with Crippen LogP contribution in [0.3, 0.4) is 0 Å². The van der Waals surface area contributed by atoms with Crippen molar-refractivity contribution in [2.75, 3.05) is 0 Å². The van der Waals surface area contributed by atoms with E-state index in [9.17, 15) is 4.79 Å². The lowest BCUT2D eigenvalue weighted by molar-refractivity contribution is -0.120. The Kier molecular flexibility index (Phi) is 4.77. The van der Waals surface area contributed by atoms with Gasteiger partial charge in [0.2, 0.25) is 0 Å². The Morgan fingerprint density at radius 3 is 2.71 bits per heavy atom. The van der Waals surface area contributed by atoms with Crippen molar-refractivity contribution in [1.82, 2.24) is 0 Å². The number of unbranched alkanes of at least 4 members (excludes halogenated alkanes) is 5. The van der Waals surface area contributed by atoms with Crippen molar-refractivity contribution >= 4 is 5.78 Å². The zero-order valence-electron chi connectivity index (χ0n) is 13.3. The van der Waals surface area contributed by atoms with Crippen LogP contribution in [0.15, 0.2) is 24.3 Å². The smallest absolute Gasteiger partial charge is 0.136 e. The molecule has 0 spiro atoms. The predicted octanol–water partition coefficient (Wildman–Crippen LogP) is 5.28. The number of hydrogen-bond acceptors (Lipinski definition) is 1. The molecule has 0 heterocycles. The highest BCUT2D eigenvalue weighted by molar-refractivity contribution is 5.86. The molecule has 0 N–H and O–H groups in total. The summed E-state index contributed by atoms with van der Waals surface area (Å²) in [6, 6.07) is 8.77. The summed E-state index contributed by atoms with van der Waals surface area (Å²) in [5.41, 5.74) is 2.98. The molecule has 1 heteroatoms. The van der Waals surface area contributed by atoms with Gasteiger partial charge < -0.3 is 0 Å². The molecule has 0 aliphatic heterocycles. The Bertz CT molecular complexity index is 490. The molecule has 2 aliphatic rings. The molecule has 1 nitrogen and oxygen atoms in total. The third-order valence-corrected chi connectivity index (χ3v) is 5.48. The van der Waals surface area contributed by atoms with E-state index in [-0.39, 0.29) is 0 Å². The minimum atomic E-state index is 0.365. The molecule has 1 fully saturated rings. The van der Waals surface area contributed by atoms with Gasteiger partial charge >= 0.3 is 0 Å². The zero-order chi connectivity index (χ0) is 14.7. The van der Waals surface area contributed by atoms with Crippen molar-refractivity contribution in [3.63, 3.8) is 0 Å². The maximum atomic E-state index is 12.5. The number of carbonyl (C=O) groups excluding carboxylic acids is 1. The van der Waals surface area contributed by atoms with Gasteiger partial charge in [0, 0.05) is 12.3 Å². The van der Waals surface area contributed by atoms with Crippen molar-refractivity contribution in [3.8, 4) is 0 Å². The number of hydrogen-bond donors (Lipinski definition) is 0. The lowest BCUT2D eigenvalue weighted by atomic mass is 9.92. The van der Waals surface area contributed by atoms with Crippen LogP contribution < -0.4 is 0 Å². The number of carbonyl (C=O) groups is 1. The van der Waals surface area contributed by atoms with Crippen LogP contribution in [0.5, 0.6) is 0 Å². The van der Waals surface area contributed by atoms with Gasteiger partial charge in [0.05, 0.1) is 0 Å². The fraction of sp³-hybridized carbons (Fsp3) is 0.650. The fourth-order valence-corrected chi connectivity index (χ4v) is 4.25. The Labute approximate surface area is 129 Å². The van der Waals surface area contributed by atoms with E-state index < -0.39 is 0 Å². The maximum absolute atomic E-state index is 12.5. The van der Waals surface area contributed by atoms with Crippen molar-refractivity contribution < 1.29 is 4.79 Å². The Morgan fingerprint density at radius 2 is 1.86 bits per heavy atom. The molecule has 1 aromatic rings. The van der Waals surface area contributed by atoms with Crippen LogP contribution in [0, 0.1) is 11.8 Å². The molecule has 0 saturated heterocycles. The Balaban J connectivity index is 1.46. The molecule has 1 saturated carbocycles. The highest BCUT2D eigenvalue weighted by atomic mass is 16.1. The Hall–Kier alpha value is -1.11. The molecule has 0 amide bonds. The number of fused-ring (bicyclic) bond motifs is 3. The van der Waals surface area contributed by atoms with Crippen LogP contribution >= 0.6 is 0 Å². The summed E-state index contributed by atoms with van der Waals surface area (Å²) in [5.74, 6) is 2.16. The van der Waals surface area contributed by atoms with Crippen LogP contribution in [-0.2, 0) is 11.2 Å². The standard InChI is InChI=1S/C20H28O/c1-2-3-4-5-6-7-12-18(21)20-17-14-13-15-10-8-9-11-16(15)19(17)20/h8-11,17,19-20H,2-7,12-14H2,1H3. The van der Waals surface area contributed by atoms with Gasteiger partial charge in [0.15, 0.2) is 0 Å². The first kappa shape index (κ1) is 14.8. The molecule has 2 aliphatic carbocycles. The Morgan fingerprint density at radius 1 is 1.10 bits per heavy atom. The van der Waals surface area contributed by atoms with Gasteiger partial charge in [-0.25, -0.2) is 0 Å². The van der Waals surface area contributed by atoms with Crippen molar-refractivity contribution in [2.45, 2.75) is 70.6 Å². The summed E-state index contributed by atoms with van der Waals surface area (Å²) in [5, 5.41) is 0. The second-order valence-corrected chi connectivity index (χ2v) is 6.94. The van der Waals surface area contributed by atoms with E-state index in [2.05, 4.69) is 31.2 Å². The van der Waals surface area contributed by atoms with Crippen LogP contribution in [0.1, 0.15) is 75.3 Å². The van der Waals surface area contributed by atoms with E-state index in [0.717, 1.165) is 12.8 Å². The van der Waals surface area contributed by atoms with E-state index in [4.69, 9.17) is 0 Å². The van der Waals surface area contributed by atoms with Crippen molar-refractivity contribution in [3.05, 3.63) is 35.4 Å². The SMILES string of the molecule is CCCCCCCCC(=O)C1C2CCc3ccccc3C21. The minimum absolute atomic E-state index is 0.365. The van der Waals surface area contributed by atoms with Gasteiger partial charge in [0.1, 0.15) is 5.78 Å². The van der Waals surface area contributed by atoms with E-state index in [1.54, 1.807) is 0 Å². The number of benzene rings is 1. The van der Waals surface area contributed by atoms with E-state index >= 15 is 0 Å². The molecular weight excluding hydrogens is 256 g/mol. The molecule has 114 valence electrons. The first-order chi connectivity index (χ1) is 10.3.